The molecule has 2 saturated carbocycles. The van der Waals surface area contributed by atoms with E-state index in [1.165, 1.54) is 19.3 Å². The lowest BCUT2D eigenvalue weighted by atomic mass is 9.98. The zero-order valence-electron chi connectivity index (χ0n) is 10.6. The highest BCUT2D eigenvalue weighted by Gasteiger charge is 2.41. The number of esters is 1. The summed E-state index contributed by atoms with van der Waals surface area (Å²) < 4.78 is 10.7. The molecule has 0 aromatic heterocycles. The molecule has 2 bridgehead atoms. The molecule has 2 aliphatic carbocycles. The summed E-state index contributed by atoms with van der Waals surface area (Å²) >= 11 is 0. The maximum absolute atomic E-state index is 12.0. The summed E-state index contributed by atoms with van der Waals surface area (Å²) in [5, 5.41) is 0. The smallest absolute Gasteiger partial charge is 0.338 e. The van der Waals surface area contributed by atoms with Gasteiger partial charge in [0.1, 0.15) is 11.9 Å². The number of methoxy groups -OCH3 is 1. The molecule has 3 atom stereocenters. The Hall–Kier alpha value is -1.51. The van der Waals surface area contributed by atoms with Gasteiger partial charge in [-0.3, -0.25) is 0 Å². The van der Waals surface area contributed by atoms with E-state index in [9.17, 15) is 4.79 Å². The van der Waals surface area contributed by atoms with Crippen molar-refractivity contribution in [1.82, 2.24) is 0 Å². The van der Waals surface area contributed by atoms with Gasteiger partial charge < -0.3 is 9.47 Å². The lowest BCUT2D eigenvalue weighted by molar-refractivity contribution is 0.0158. The van der Waals surface area contributed by atoms with Crippen LogP contribution in [-0.4, -0.2) is 19.2 Å². The lowest BCUT2D eigenvalue weighted by Crippen LogP contribution is -2.24. The highest BCUT2D eigenvalue weighted by Crippen LogP contribution is 2.46. The van der Waals surface area contributed by atoms with Crippen molar-refractivity contribution in [3.8, 4) is 5.75 Å². The summed E-state index contributed by atoms with van der Waals surface area (Å²) in [5.41, 5.74) is 0.610. The first-order chi connectivity index (χ1) is 8.76. The zero-order valence-corrected chi connectivity index (χ0v) is 10.6. The van der Waals surface area contributed by atoms with Crippen LogP contribution in [0.2, 0.25) is 0 Å². The Labute approximate surface area is 107 Å². The maximum Gasteiger partial charge on any atom is 0.338 e. The van der Waals surface area contributed by atoms with Crippen molar-refractivity contribution in [2.45, 2.75) is 31.8 Å². The third-order valence-electron chi connectivity index (χ3n) is 4.26. The Morgan fingerprint density at radius 1 is 1.17 bits per heavy atom. The van der Waals surface area contributed by atoms with Gasteiger partial charge in [-0.05, 0) is 61.8 Å². The van der Waals surface area contributed by atoms with Gasteiger partial charge in [-0.25, -0.2) is 4.79 Å². The quantitative estimate of drug-likeness (QED) is 0.769. The van der Waals surface area contributed by atoms with E-state index in [0.29, 0.717) is 11.5 Å². The van der Waals surface area contributed by atoms with Crippen LogP contribution in [0, 0.1) is 11.8 Å². The minimum atomic E-state index is -0.199. The predicted octanol–water partition coefficient (Wildman–Crippen LogP) is 3.04. The summed E-state index contributed by atoms with van der Waals surface area (Å²) in [6.07, 6.45) is 5.01. The van der Waals surface area contributed by atoms with Crippen LogP contribution < -0.4 is 4.74 Å². The molecule has 0 radical (unpaired) electrons. The van der Waals surface area contributed by atoms with Crippen LogP contribution in [-0.2, 0) is 4.74 Å². The molecule has 0 N–H and O–H groups in total. The van der Waals surface area contributed by atoms with E-state index in [0.717, 1.165) is 18.1 Å². The summed E-state index contributed by atoms with van der Waals surface area (Å²) in [5.74, 6) is 1.96. The Kier molecular flexibility index (Phi) is 2.98. The number of hydrogen-bond donors (Lipinski definition) is 0. The maximum atomic E-state index is 12.0. The van der Waals surface area contributed by atoms with E-state index in [1.54, 1.807) is 31.4 Å². The zero-order chi connectivity index (χ0) is 12.5. The monoisotopic (exact) mass is 246 g/mol. The Morgan fingerprint density at radius 2 is 1.94 bits per heavy atom. The van der Waals surface area contributed by atoms with E-state index in [4.69, 9.17) is 9.47 Å². The van der Waals surface area contributed by atoms with Crippen molar-refractivity contribution >= 4 is 5.97 Å². The number of benzene rings is 1. The fourth-order valence-electron chi connectivity index (χ4n) is 3.26. The second-order valence-electron chi connectivity index (χ2n) is 5.35. The predicted molar refractivity (Wildman–Crippen MR) is 67.6 cm³/mol. The van der Waals surface area contributed by atoms with E-state index in [2.05, 4.69) is 0 Å². The topological polar surface area (TPSA) is 35.5 Å². The van der Waals surface area contributed by atoms with Gasteiger partial charge in [0, 0.05) is 0 Å². The first-order valence-electron chi connectivity index (χ1n) is 6.61. The van der Waals surface area contributed by atoms with Gasteiger partial charge in [0.05, 0.1) is 12.7 Å². The molecule has 96 valence electrons. The molecule has 3 heteroatoms. The SMILES string of the molecule is COc1ccc(C(=O)O[C@@H]2C[C@H]3CC[C@@H]2C3)cc1. The standard InChI is InChI=1S/C15H18O3/c1-17-13-6-4-11(5-7-13)15(16)18-14-9-10-2-3-12(14)8-10/h4-7,10,12,14H,2-3,8-9H2,1H3/t10-,12+,14+/m0/s1. The lowest BCUT2D eigenvalue weighted by Gasteiger charge is -2.21. The molecule has 1 aromatic rings. The van der Waals surface area contributed by atoms with Crippen LogP contribution in [0.5, 0.6) is 5.75 Å². The highest BCUT2D eigenvalue weighted by molar-refractivity contribution is 5.89. The molecule has 0 saturated heterocycles. The van der Waals surface area contributed by atoms with Crippen LogP contribution in [0.3, 0.4) is 0 Å². The second-order valence-corrected chi connectivity index (χ2v) is 5.35. The molecule has 3 nitrogen and oxygen atoms in total. The van der Waals surface area contributed by atoms with Crippen LogP contribution in [0.1, 0.15) is 36.0 Å². The summed E-state index contributed by atoms with van der Waals surface area (Å²) in [6, 6.07) is 7.09. The summed E-state index contributed by atoms with van der Waals surface area (Å²) in [7, 11) is 1.61. The fourth-order valence-corrected chi connectivity index (χ4v) is 3.26. The van der Waals surface area contributed by atoms with E-state index >= 15 is 0 Å². The van der Waals surface area contributed by atoms with Crippen molar-refractivity contribution in [3.63, 3.8) is 0 Å². The van der Waals surface area contributed by atoms with Crippen LogP contribution in [0.25, 0.3) is 0 Å². The molecule has 0 spiro atoms. The van der Waals surface area contributed by atoms with Gasteiger partial charge in [0.15, 0.2) is 0 Å². The Bertz CT molecular complexity index is 438. The molecule has 0 unspecified atom stereocenters. The van der Waals surface area contributed by atoms with Crippen molar-refractivity contribution in [1.29, 1.82) is 0 Å². The van der Waals surface area contributed by atoms with Crippen LogP contribution >= 0.6 is 0 Å². The van der Waals surface area contributed by atoms with Gasteiger partial charge >= 0.3 is 5.97 Å². The average molecular weight is 246 g/mol. The largest absolute Gasteiger partial charge is 0.497 e. The number of fused-ring (bicyclic) bond motifs is 2. The van der Waals surface area contributed by atoms with Crippen molar-refractivity contribution in [2.75, 3.05) is 7.11 Å². The molecule has 3 rings (SSSR count). The third kappa shape index (κ3) is 2.09. The van der Waals surface area contributed by atoms with E-state index in [-0.39, 0.29) is 12.1 Å². The van der Waals surface area contributed by atoms with Gasteiger partial charge in [0.2, 0.25) is 0 Å². The average Bonchev–Trinajstić information content (AvgIpc) is 3.01. The molecule has 2 fully saturated rings. The van der Waals surface area contributed by atoms with Crippen molar-refractivity contribution in [3.05, 3.63) is 29.8 Å². The minimum absolute atomic E-state index is 0.151. The van der Waals surface area contributed by atoms with E-state index < -0.39 is 0 Å². The Balaban J connectivity index is 1.64. The summed E-state index contributed by atoms with van der Waals surface area (Å²) in [6.45, 7) is 0. The molecule has 0 heterocycles. The molecule has 0 aliphatic heterocycles. The molecule has 18 heavy (non-hydrogen) atoms. The molecule has 1 aromatic carbocycles. The van der Waals surface area contributed by atoms with Gasteiger partial charge in [-0.1, -0.05) is 0 Å². The van der Waals surface area contributed by atoms with Crippen LogP contribution in [0.4, 0.5) is 0 Å². The summed E-state index contributed by atoms with van der Waals surface area (Å²) in [4.78, 5) is 12.0. The molecular formula is C15H18O3. The molecule has 0 amide bonds. The van der Waals surface area contributed by atoms with E-state index in [1.807, 2.05) is 0 Å². The highest BCUT2D eigenvalue weighted by atomic mass is 16.5. The second kappa shape index (κ2) is 4.63. The first-order valence-corrected chi connectivity index (χ1v) is 6.61. The first kappa shape index (κ1) is 11.6. The third-order valence-corrected chi connectivity index (χ3v) is 4.26. The minimum Gasteiger partial charge on any atom is -0.497 e. The number of ether oxygens (including phenoxy) is 2. The molecule has 2 aliphatic rings. The van der Waals surface area contributed by atoms with Crippen molar-refractivity contribution < 1.29 is 14.3 Å². The normalized spacial score (nSPS) is 29.3. The van der Waals surface area contributed by atoms with Gasteiger partial charge in [-0.15, -0.1) is 0 Å². The number of carbonyl (C=O) groups is 1. The molecular weight excluding hydrogens is 228 g/mol. The van der Waals surface area contributed by atoms with Gasteiger partial charge in [0.25, 0.3) is 0 Å². The van der Waals surface area contributed by atoms with Gasteiger partial charge in [-0.2, -0.15) is 0 Å². The Morgan fingerprint density at radius 3 is 2.50 bits per heavy atom. The number of hydrogen-bond acceptors (Lipinski definition) is 3. The fraction of sp³-hybridized carbons (Fsp3) is 0.533. The number of rotatable bonds is 3. The van der Waals surface area contributed by atoms with Crippen LogP contribution in [0.15, 0.2) is 24.3 Å². The number of carbonyl (C=O) groups excluding carboxylic acids is 1. The van der Waals surface area contributed by atoms with Crippen molar-refractivity contribution in [2.24, 2.45) is 11.8 Å².